The smallest absolute Gasteiger partial charge is 0.328 e. The molecule has 4 N–H and O–H groups in total. The van der Waals surface area contributed by atoms with E-state index < -0.39 is 11.2 Å². The molecule has 158 valence electrons. The van der Waals surface area contributed by atoms with Gasteiger partial charge in [-0.15, -0.1) is 0 Å². The number of aromatic amines is 1. The Balaban J connectivity index is 1.36. The fraction of sp³-hybridized carbons (Fsp3) is 0.400. The van der Waals surface area contributed by atoms with Crippen LogP contribution < -0.4 is 27.2 Å². The molecule has 10 heteroatoms. The standard InChI is InChI=1S/C20H23N5O5/c26-15-7-8-25(20(29)22-15)11-16(27)21-10-12-3-5-13(6-4-12)17-14-2-1-9-30-18(14)24-19(28)23-17/h3-8,14,17-18H,1-2,9-11H2,(H,21,27)(H,22,26,29)(H2,23,24,28)/t14-,17-,18-/m0/s1. The zero-order chi connectivity index (χ0) is 21.1. The molecule has 1 aromatic carbocycles. The summed E-state index contributed by atoms with van der Waals surface area (Å²) in [5, 5.41) is 8.56. The number of H-pyrrole nitrogens is 1. The summed E-state index contributed by atoms with van der Waals surface area (Å²) in [6, 6.07) is 8.50. The fourth-order valence-electron chi connectivity index (χ4n) is 3.87. The van der Waals surface area contributed by atoms with E-state index >= 15 is 0 Å². The Morgan fingerprint density at radius 1 is 1.13 bits per heavy atom. The van der Waals surface area contributed by atoms with Crippen molar-refractivity contribution in [3.8, 4) is 0 Å². The lowest BCUT2D eigenvalue weighted by atomic mass is 9.85. The van der Waals surface area contributed by atoms with E-state index in [4.69, 9.17) is 4.74 Å². The van der Waals surface area contributed by atoms with Crippen molar-refractivity contribution in [1.29, 1.82) is 0 Å². The summed E-state index contributed by atoms with van der Waals surface area (Å²) in [5.74, 6) is -0.182. The molecule has 2 fully saturated rings. The van der Waals surface area contributed by atoms with Gasteiger partial charge in [0.25, 0.3) is 5.56 Å². The van der Waals surface area contributed by atoms with Crippen molar-refractivity contribution >= 4 is 11.9 Å². The number of hydrogen-bond acceptors (Lipinski definition) is 5. The second-order valence-corrected chi connectivity index (χ2v) is 7.45. The molecule has 10 nitrogen and oxygen atoms in total. The number of ether oxygens (including phenoxy) is 1. The molecule has 2 saturated heterocycles. The third kappa shape index (κ3) is 4.43. The van der Waals surface area contributed by atoms with Gasteiger partial charge < -0.3 is 20.7 Å². The normalized spacial score (nSPS) is 23.1. The Kier molecular flexibility index (Phi) is 5.66. The van der Waals surface area contributed by atoms with Crippen molar-refractivity contribution in [2.24, 2.45) is 5.92 Å². The third-order valence-electron chi connectivity index (χ3n) is 5.40. The van der Waals surface area contributed by atoms with E-state index in [0.29, 0.717) is 13.2 Å². The van der Waals surface area contributed by atoms with Crippen LogP contribution in [-0.2, 0) is 22.6 Å². The highest BCUT2D eigenvalue weighted by Crippen LogP contribution is 2.34. The largest absolute Gasteiger partial charge is 0.358 e. The number of benzene rings is 1. The van der Waals surface area contributed by atoms with Crippen LogP contribution in [0.5, 0.6) is 0 Å². The van der Waals surface area contributed by atoms with Crippen LogP contribution in [0.25, 0.3) is 0 Å². The maximum Gasteiger partial charge on any atom is 0.328 e. The number of hydrogen-bond donors (Lipinski definition) is 4. The maximum absolute atomic E-state index is 12.1. The topological polar surface area (TPSA) is 134 Å². The predicted molar refractivity (Wildman–Crippen MR) is 106 cm³/mol. The van der Waals surface area contributed by atoms with Gasteiger partial charge in [0.1, 0.15) is 12.8 Å². The monoisotopic (exact) mass is 413 g/mol. The van der Waals surface area contributed by atoms with Crippen LogP contribution in [0.3, 0.4) is 0 Å². The lowest BCUT2D eigenvalue weighted by Gasteiger charge is -2.41. The highest BCUT2D eigenvalue weighted by atomic mass is 16.5. The van der Waals surface area contributed by atoms with Crippen LogP contribution in [0, 0.1) is 5.92 Å². The molecule has 3 amide bonds. The molecule has 0 radical (unpaired) electrons. The number of nitrogens with zero attached hydrogens (tertiary/aromatic N) is 1. The number of carbonyl (C=O) groups excluding carboxylic acids is 2. The van der Waals surface area contributed by atoms with Gasteiger partial charge in [-0.25, -0.2) is 9.59 Å². The molecule has 30 heavy (non-hydrogen) atoms. The highest BCUT2D eigenvalue weighted by Gasteiger charge is 2.39. The molecule has 0 spiro atoms. The minimum Gasteiger partial charge on any atom is -0.358 e. The molecular weight excluding hydrogens is 390 g/mol. The van der Waals surface area contributed by atoms with E-state index in [9.17, 15) is 19.2 Å². The second-order valence-electron chi connectivity index (χ2n) is 7.45. The number of amides is 3. The van der Waals surface area contributed by atoms with Crippen molar-refractivity contribution in [1.82, 2.24) is 25.5 Å². The quantitative estimate of drug-likeness (QED) is 0.546. The minimum absolute atomic E-state index is 0.125. The van der Waals surface area contributed by atoms with E-state index in [1.165, 1.54) is 12.3 Å². The van der Waals surface area contributed by atoms with Gasteiger partial charge in [-0.05, 0) is 24.0 Å². The molecule has 2 aliphatic rings. The molecule has 1 aromatic heterocycles. The Labute approximate surface area is 171 Å². The number of nitrogens with one attached hydrogen (secondary N) is 4. The van der Waals surface area contributed by atoms with Gasteiger partial charge in [-0.3, -0.25) is 19.1 Å². The molecule has 2 aliphatic heterocycles. The van der Waals surface area contributed by atoms with Crippen LogP contribution in [0.2, 0.25) is 0 Å². The Morgan fingerprint density at radius 3 is 2.70 bits per heavy atom. The molecule has 4 rings (SSSR count). The van der Waals surface area contributed by atoms with Gasteiger partial charge in [0.2, 0.25) is 5.91 Å². The number of fused-ring (bicyclic) bond motifs is 1. The summed E-state index contributed by atoms with van der Waals surface area (Å²) in [5.41, 5.74) is 0.738. The number of rotatable bonds is 5. The SMILES string of the molecule is O=C(Cn1ccc(=O)[nH]c1=O)NCc1ccc([C@@H]2NC(=O)N[C@H]3OCCC[C@H]32)cc1. The first-order valence-electron chi connectivity index (χ1n) is 9.83. The lowest BCUT2D eigenvalue weighted by Crippen LogP contribution is -2.58. The van der Waals surface area contributed by atoms with Gasteiger partial charge in [0.05, 0.1) is 6.04 Å². The molecule has 2 aromatic rings. The van der Waals surface area contributed by atoms with Crippen LogP contribution in [0.4, 0.5) is 4.79 Å². The third-order valence-corrected chi connectivity index (χ3v) is 5.40. The first kappa shape index (κ1) is 19.9. The van der Waals surface area contributed by atoms with Gasteiger partial charge in [0.15, 0.2) is 0 Å². The second kappa shape index (κ2) is 8.54. The molecule has 0 unspecified atom stereocenters. The first-order chi connectivity index (χ1) is 14.5. The van der Waals surface area contributed by atoms with Gasteiger partial charge in [-0.2, -0.15) is 0 Å². The van der Waals surface area contributed by atoms with E-state index in [1.54, 1.807) is 0 Å². The Hall–Kier alpha value is -3.40. The Morgan fingerprint density at radius 2 is 1.93 bits per heavy atom. The van der Waals surface area contributed by atoms with Crippen molar-refractivity contribution in [2.75, 3.05) is 6.61 Å². The molecule has 0 saturated carbocycles. The Bertz CT molecular complexity index is 1040. The summed E-state index contributed by atoms with van der Waals surface area (Å²) in [7, 11) is 0. The van der Waals surface area contributed by atoms with Gasteiger partial charge in [0, 0.05) is 31.3 Å². The summed E-state index contributed by atoms with van der Waals surface area (Å²) >= 11 is 0. The number of urea groups is 1. The number of carbonyl (C=O) groups is 2. The summed E-state index contributed by atoms with van der Waals surface area (Å²) < 4.78 is 6.82. The van der Waals surface area contributed by atoms with Crippen molar-refractivity contribution in [3.63, 3.8) is 0 Å². The summed E-state index contributed by atoms with van der Waals surface area (Å²) in [6.45, 7) is 0.765. The summed E-state index contributed by atoms with van der Waals surface area (Å²) in [6.07, 6.45) is 2.93. The minimum atomic E-state index is -0.629. The average molecular weight is 413 g/mol. The van der Waals surface area contributed by atoms with Gasteiger partial charge >= 0.3 is 11.7 Å². The first-order valence-corrected chi connectivity index (χ1v) is 9.83. The van der Waals surface area contributed by atoms with Crippen molar-refractivity contribution < 1.29 is 14.3 Å². The van der Waals surface area contributed by atoms with Crippen LogP contribution in [-0.4, -0.2) is 34.3 Å². The van der Waals surface area contributed by atoms with Crippen LogP contribution >= 0.6 is 0 Å². The van der Waals surface area contributed by atoms with E-state index in [2.05, 4.69) is 20.9 Å². The maximum atomic E-state index is 12.1. The van der Waals surface area contributed by atoms with E-state index in [0.717, 1.165) is 28.5 Å². The fourth-order valence-corrected chi connectivity index (χ4v) is 3.87. The van der Waals surface area contributed by atoms with Crippen molar-refractivity contribution in [2.45, 2.75) is 38.2 Å². The molecule has 3 heterocycles. The lowest BCUT2D eigenvalue weighted by molar-refractivity contribution is -0.121. The number of aromatic nitrogens is 2. The van der Waals surface area contributed by atoms with Gasteiger partial charge in [-0.1, -0.05) is 24.3 Å². The molecule has 0 aliphatic carbocycles. The molecule has 3 atom stereocenters. The van der Waals surface area contributed by atoms with E-state index in [-0.39, 0.29) is 36.7 Å². The molecular formula is C20H23N5O5. The predicted octanol–water partition coefficient (Wildman–Crippen LogP) is -0.0404. The van der Waals surface area contributed by atoms with Crippen LogP contribution in [0.1, 0.15) is 30.0 Å². The molecule has 0 bridgehead atoms. The zero-order valence-electron chi connectivity index (χ0n) is 16.2. The van der Waals surface area contributed by atoms with Crippen LogP contribution in [0.15, 0.2) is 46.1 Å². The van der Waals surface area contributed by atoms with E-state index in [1.807, 2.05) is 24.3 Å². The average Bonchev–Trinajstić information content (AvgIpc) is 2.74. The highest BCUT2D eigenvalue weighted by molar-refractivity contribution is 5.76. The zero-order valence-corrected chi connectivity index (χ0v) is 16.2. The van der Waals surface area contributed by atoms with Crippen molar-refractivity contribution in [3.05, 3.63) is 68.5 Å². The summed E-state index contributed by atoms with van der Waals surface area (Å²) in [4.78, 5) is 48.9.